The van der Waals surface area contributed by atoms with E-state index < -0.39 is 0 Å². The summed E-state index contributed by atoms with van der Waals surface area (Å²) in [7, 11) is 0. The van der Waals surface area contributed by atoms with E-state index in [0.717, 1.165) is 18.6 Å². The maximum absolute atomic E-state index is 5.80. The second kappa shape index (κ2) is 8.16. The van der Waals surface area contributed by atoms with Crippen LogP contribution in [0.2, 0.25) is 0 Å². The minimum atomic E-state index is 0.524. The number of hydrogen-bond donors (Lipinski definition) is 1. The molecule has 106 valence electrons. The van der Waals surface area contributed by atoms with Crippen molar-refractivity contribution in [3.05, 3.63) is 0 Å². The lowest BCUT2D eigenvalue weighted by Crippen LogP contribution is -2.39. The largest absolute Gasteiger partial charge is 0.378 e. The number of rotatable bonds is 7. The third-order valence-corrected chi connectivity index (χ3v) is 4.67. The Morgan fingerprint density at radius 2 is 1.94 bits per heavy atom. The fourth-order valence-corrected chi connectivity index (χ4v) is 3.58. The quantitative estimate of drug-likeness (QED) is 0.695. The molecule has 0 aromatic carbocycles. The van der Waals surface area contributed by atoms with Gasteiger partial charge in [0.05, 0.1) is 6.10 Å². The van der Waals surface area contributed by atoms with E-state index in [9.17, 15) is 0 Å². The van der Waals surface area contributed by atoms with Gasteiger partial charge in [-0.25, -0.2) is 0 Å². The van der Waals surface area contributed by atoms with Crippen LogP contribution >= 0.6 is 0 Å². The molecule has 1 saturated heterocycles. The van der Waals surface area contributed by atoms with Crippen molar-refractivity contribution >= 4 is 0 Å². The first-order valence-corrected chi connectivity index (χ1v) is 8.23. The van der Waals surface area contributed by atoms with Gasteiger partial charge in [0, 0.05) is 12.6 Å². The van der Waals surface area contributed by atoms with Crippen molar-refractivity contribution in [1.82, 2.24) is 5.32 Å². The molecule has 2 atom stereocenters. The van der Waals surface area contributed by atoms with Crippen molar-refractivity contribution < 1.29 is 4.74 Å². The molecule has 2 unspecified atom stereocenters. The van der Waals surface area contributed by atoms with Gasteiger partial charge in [-0.1, -0.05) is 39.0 Å². The molecule has 1 aliphatic carbocycles. The molecule has 1 N–H and O–H groups in total. The molecule has 0 aromatic rings. The molecular formula is C16H31NO. The van der Waals surface area contributed by atoms with Gasteiger partial charge < -0.3 is 10.1 Å². The maximum atomic E-state index is 5.80. The van der Waals surface area contributed by atoms with E-state index in [2.05, 4.69) is 12.2 Å². The Hall–Kier alpha value is -0.0800. The van der Waals surface area contributed by atoms with E-state index in [-0.39, 0.29) is 0 Å². The molecular weight excluding hydrogens is 222 g/mol. The summed E-state index contributed by atoms with van der Waals surface area (Å²) in [6.45, 7) is 4.44. The van der Waals surface area contributed by atoms with Crippen molar-refractivity contribution in [2.75, 3.05) is 13.2 Å². The third-order valence-electron chi connectivity index (χ3n) is 4.67. The molecule has 0 amide bonds. The highest BCUT2D eigenvalue weighted by molar-refractivity contribution is 4.77. The smallest absolute Gasteiger partial charge is 0.0589 e. The molecule has 2 fully saturated rings. The van der Waals surface area contributed by atoms with Gasteiger partial charge in [0.1, 0.15) is 0 Å². The maximum Gasteiger partial charge on any atom is 0.0589 e. The van der Waals surface area contributed by atoms with E-state index in [1.54, 1.807) is 0 Å². The summed E-state index contributed by atoms with van der Waals surface area (Å²) in [6, 6.07) is 0.721. The lowest BCUT2D eigenvalue weighted by atomic mass is 9.99. The van der Waals surface area contributed by atoms with E-state index in [1.807, 2.05) is 0 Å². The third kappa shape index (κ3) is 4.89. The predicted octanol–water partition coefficient (Wildman–Crippen LogP) is 3.89. The van der Waals surface area contributed by atoms with Gasteiger partial charge in [0.15, 0.2) is 0 Å². The first kappa shape index (κ1) is 14.3. The summed E-state index contributed by atoms with van der Waals surface area (Å²) in [5.74, 6) is 1.05. The van der Waals surface area contributed by atoms with Crippen LogP contribution in [0.15, 0.2) is 0 Å². The zero-order valence-corrected chi connectivity index (χ0v) is 12.1. The fourth-order valence-electron chi connectivity index (χ4n) is 3.58. The monoisotopic (exact) mass is 253 g/mol. The fraction of sp³-hybridized carbons (Fsp3) is 1.00. The van der Waals surface area contributed by atoms with E-state index >= 15 is 0 Å². The molecule has 2 aliphatic rings. The SMILES string of the molecule is CCCC1CC(NCCCC2CCCC2)CCO1. The normalized spacial score (nSPS) is 29.8. The molecule has 18 heavy (non-hydrogen) atoms. The lowest BCUT2D eigenvalue weighted by molar-refractivity contribution is -0.00315. The van der Waals surface area contributed by atoms with Gasteiger partial charge in [0.25, 0.3) is 0 Å². The van der Waals surface area contributed by atoms with Crippen molar-refractivity contribution in [2.45, 2.75) is 83.3 Å². The van der Waals surface area contributed by atoms with Crippen LogP contribution < -0.4 is 5.32 Å². The summed E-state index contributed by atoms with van der Waals surface area (Å²) in [5, 5.41) is 3.75. The van der Waals surface area contributed by atoms with Crippen molar-refractivity contribution in [1.29, 1.82) is 0 Å². The Morgan fingerprint density at radius 3 is 2.72 bits per heavy atom. The summed E-state index contributed by atoms with van der Waals surface area (Å²) >= 11 is 0. The zero-order valence-electron chi connectivity index (χ0n) is 12.1. The lowest BCUT2D eigenvalue weighted by Gasteiger charge is -2.30. The van der Waals surface area contributed by atoms with Gasteiger partial charge in [0.2, 0.25) is 0 Å². The summed E-state index contributed by atoms with van der Waals surface area (Å²) in [6.07, 6.45) is 14.2. The van der Waals surface area contributed by atoms with Gasteiger partial charge in [-0.2, -0.15) is 0 Å². The van der Waals surface area contributed by atoms with Crippen LogP contribution in [0.25, 0.3) is 0 Å². The van der Waals surface area contributed by atoms with Crippen LogP contribution in [0.4, 0.5) is 0 Å². The number of hydrogen-bond acceptors (Lipinski definition) is 2. The highest BCUT2D eigenvalue weighted by Crippen LogP contribution is 2.28. The van der Waals surface area contributed by atoms with Crippen molar-refractivity contribution in [3.8, 4) is 0 Å². The van der Waals surface area contributed by atoms with Gasteiger partial charge in [-0.3, -0.25) is 0 Å². The Balaban J connectivity index is 1.52. The van der Waals surface area contributed by atoms with Crippen LogP contribution in [-0.4, -0.2) is 25.3 Å². The van der Waals surface area contributed by atoms with Gasteiger partial charge >= 0.3 is 0 Å². The predicted molar refractivity (Wildman–Crippen MR) is 76.9 cm³/mol. The zero-order chi connectivity index (χ0) is 12.6. The molecule has 0 aromatic heterocycles. The minimum Gasteiger partial charge on any atom is -0.378 e. The molecule has 2 rings (SSSR count). The Labute approximate surface area is 113 Å². The molecule has 1 saturated carbocycles. The number of ether oxygens (including phenoxy) is 1. The highest BCUT2D eigenvalue weighted by atomic mass is 16.5. The van der Waals surface area contributed by atoms with E-state index in [1.165, 1.54) is 70.8 Å². The van der Waals surface area contributed by atoms with Crippen LogP contribution in [0.1, 0.15) is 71.1 Å². The van der Waals surface area contributed by atoms with E-state index in [0.29, 0.717) is 6.10 Å². The Morgan fingerprint density at radius 1 is 1.11 bits per heavy atom. The first-order chi connectivity index (χ1) is 8.88. The second-order valence-corrected chi connectivity index (χ2v) is 6.25. The highest BCUT2D eigenvalue weighted by Gasteiger charge is 2.21. The average Bonchev–Trinajstić information content (AvgIpc) is 2.89. The molecule has 0 bridgehead atoms. The Bertz CT molecular complexity index is 211. The van der Waals surface area contributed by atoms with Crippen LogP contribution in [0.3, 0.4) is 0 Å². The topological polar surface area (TPSA) is 21.3 Å². The first-order valence-electron chi connectivity index (χ1n) is 8.23. The van der Waals surface area contributed by atoms with Crippen molar-refractivity contribution in [2.24, 2.45) is 5.92 Å². The van der Waals surface area contributed by atoms with Crippen molar-refractivity contribution in [3.63, 3.8) is 0 Å². The molecule has 1 heterocycles. The van der Waals surface area contributed by atoms with Crippen LogP contribution in [-0.2, 0) is 4.74 Å². The Kier molecular flexibility index (Phi) is 6.50. The van der Waals surface area contributed by atoms with Gasteiger partial charge in [-0.05, 0) is 44.6 Å². The summed E-state index contributed by atoms with van der Waals surface area (Å²) in [4.78, 5) is 0. The second-order valence-electron chi connectivity index (χ2n) is 6.25. The molecule has 1 aliphatic heterocycles. The van der Waals surface area contributed by atoms with Gasteiger partial charge in [-0.15, -0.1) is 0 Å². The summed E-state index contributed by atoms with van der Waals surface area (Å²) in [5.41, 5.74) is 0. The molecule has 0 radical (unpaired) electrons. The standard InChI is InChI=1S/C16H31NO/c1-2-6-16-13-15(10-12-18-16)17-11-5-9-14-7-3-4-8-14/h14-17H,2-13H2,1H3. The average molecular weight is 253 g/mol. The van der Waals surface area contributed by atoms with E-state index in [4.69, 9.17) is 4.74 Å². The molecule has 0 spiro atoms. The van der Waals surface area contributed by atoms with Crippen LogP contribution in [0.5, 0.6) is 0 Å². The molecule has 2 heteroatoms. The molecule has 2 nitrogen and oxygen atoms in total. The van der Waals surface area contributed by atoms with Crippen LogP contribution in [0, 0.1) is 5.92 Å². The number of nitrogens with one attached hydrogen (secondary N) is 1. The summed E-state index contributed by atoms with van der Waals surface area (Å²) < 4.78 is 5.80. The minimum absolute atomic E-state index is 0.524.